The van der Waals surface area contributed by atoms with Crippen molar-refractivity contribution >= 4 is 56.1 Å². The minimum absolute atomic E-state index is 0.111. The van der Waals surface area contributed by atoms with E-state index in [0.29, 0.717) is 0 Å². The van der Waals surface area contributed by atoms with Crippen LogP contribution in [0.15, 0.2) is 199 Å². The Labute approximate surface area is 327 Å². The fourth-order valence-electron chi connectivity index (χ4n) is 9.94. The summed E-state index contributed by atoms with van der Waals surface area (Å²) in [7, 11) is 0. The first-order chi connectivity index (χ1) is 27.8. The average Bonchev–Trinajstić information content (AvgIpc) is 3.96. The Kier molecular flexibility index (Phi) is 7.67. The van der Waals surface area contributed by atoms with Gasteiger partial charge in [-0.3, -0.25) is 0 Å². The molecule has 0 saturated carbocycles. The van der Waals surface area contributed by atoms with E-state index >= 15 is 0 Å². The Hall–Kier alpha value is -6.84. The number of benzene rings is 8. The van der Waals surface area contributed by atoms with Gasteiger partial charge in [0.1, 0.15) is 11.2 Å². The Morgan fingerprint density at radius 2 is 0.911 bits per heavy atom. The quantitative estimate of drug-likeness (QED) is 0.163. The molecule has 1 spiro atoms. The van der Waals surface area contributed by atoms with Crippen LogP contribution in [0.25, 0.3) is 33.1 Å². The molecule has 0 bridgehead atoms. The van der Waals surface area contributed by atoms with Crippen molar-refractivity contribution in [2.24, 2.45) is 0 Å². The normalized spacial score (nSPS) is 15.6. The van der Waals surface area contributed by atoms with Crippen molar-refractivity contribution in [3.8, 4) is 11.1 Å². The molecule has 1 atom stereocenters. The number of hydrogen-bond donors (Lipinski definition) is 0. The van der Waals surface area contributed by atoms with Gasteiger partial charge in [0.15, 0.2) is 0 Å². The molecule has 8 aromatic carbocycles. The molecule has 0 fully saturated rings. The van der Waals surface area contributed by atoms with E-state index in [1.54, 1.807) is 0 Å². The van der Waals surface area contributed by atoms with Crippen molar-refractivity contribution < 1.29 is 4.42 Å². The number of fused-ring (bicyclic) bond motifs is 7. The van der Waals surface area contributed by atoms with Crippen molar-refractivity contribution in [3.05, 3.63) is 216 Å². The van der Waals surface area contributed by atoms with Crippen molar-refractivity contribution in [2.45, 2.75) is 31.1 Å². The second kappa shape index (κ2) is 13.2. The third-order valence-electron chi connectivity index (χ3n) is 12.2. The maximum atomic E-state index is 6.79. The first-order valence-electron chi connectivity index (χ1n) is 19.8. The molecular weight excluding hydrogens is 681 g/mol. The molecule has 0 unspecified atom stereocenters. The highest BCUT2D eigenvalue weighted by Crippen LogP contribution is 2.59. The maximum Gasteiger partial charge on any atom is 0.137 e. The number of rotatable bonds is 7. The second-order valence-electron chi connectivity index (χ2n) is 15.2. The summed E-state index contributed by atoms with van der Waals surface area (Å²) in [5, 5.41) is 2.31. The highest BCUT2D eigenvalue weighted by molar-refractivity contribution is 6.13. The molecule has 2 aliphatic rings. The highest BCUT2D eigenvalue weighted by Gasteiger charge is 2.48. The lowest BCUT2D eigenvalue weighted by Crippen LogP contribution is -2.25. The lowest BCUT2D eigenvalue weighted by Gasteiger charge is -2.35. The Morgan fingerprint density at radius 1 is 0.393 bits per heavy atom. The molecule has 0 amide bonds. The van der Waals surface area contributed by atoms with Crippen molar-refractivity contribution in [1.29, 1.82) is 0 Å². The monoisotopic (exact) mass is 720 g/mol. The molecule has 0 saturated heterocycles. The lowest BCUT2D eigenvalue weighted by molar-refractivity contribution is 0.509. The predicted molar refractivity (Wildman–Crippen MR) is 232 cm³/mol. The van der Waals surface area contributed by atoms with Gasteiger partial charge >= 0.3 is 0 Å². The average molecular weight is 721 g/mol. The van der Waals surface area contributed by atoms with E-state index in [2.05, 4.69) is 204 Å². The van der Waals surface area contributed by atoms with Gasteiger partial charge in [-0.25, -0.2) is 0 Å². The summed E-state index contributed by atoms with van der Waals surface area (Å²) in [5.41, 5.74) is 17.0. The van der Waals surface area contributed by atoms with Crippen LogP contribution in [-0.2, 0) is 18.3 Å². The summed E-state index contributed by atoms with van der Waals surface area (Å²) >= 11 is 0. The number of para-hydroxylation sites is 4. The summed E-state index contributed by atoms with van der Waals surface area (Å²) < 4.78 is 6.79. The maximum absolute atomic E-state index is 6.79. The Bertz CT molecular complexity index is 2780. The number of anilines is 6. The smallest absolute Gasteiger partial charge is 0.137 e. The third-order valence-corrected chi connectivity index (χ3v) is 12.2. The third kappa shape index (κ3) is 5.12. The van der Waals surface area contributed by atoms with Gasteiger partial charge in [0.25, 0.3) is 0 Å². The number of nitrogens with zero attached hydrogens (tertiary/aromatic N) is 2. The van der Waals surface area contributed by atoms with Gasteiger partial charge in [-0.15, -0.1) is 0 Å². The molecule has 1 aromatic heterocycles. The highest BCUT2D eigenvalue weighted by atomic mass is 16.3. The van der Waals surface area contributed by atoms with Crippen molar-refractivity contribution in [3.63, 3.8) is 0 Å². The minimum atomic E-state index is -0.111. The Morgan fingerprint density at radius 3 is 1.52 bits per heavy atom. The zero-order valence-corrected chi connectivity index (χ0v) is 31.1. The summed E-state index contributed by atoms with van der Waals surface area (Å²) in [6, 6.07) is 70.2. The van der Waals surface area contributed by atoms with E-state index in [1.165, 1.54) is 55.8 Å². The van der Waals surface area contributed by atoms with Crippen LogP contribution >= 0.6 is 0 Å². The molecule has 2 aliphatic carbocycles. The molecule has 56 heavy (non-hydrogen) atoms. The largest absolute Gasteiger partial charge is 0.456 e. The van der Waals surface area contributed by atoms with Gasteiger partial charge in [0.05, 0.1) is 5.69 Å². The zero-order chi connectivity index (χ0) is 37.1. The first kappa shape index (κ1) is 32.6. The fraction of sp³-hybridized carbons (Fsp3) is 0.0943. The predicted octanol–water partition coefficient (Wildman–Crippen LogP) is 14.4. The van der Waals surface area contributed by atoms with E-state index in [9.17, 15) is 0 Å². The molecule has 0 radical (unpaired) electrons. The van der Waals surface area contributed by atoms with E-state index in [1.807, 2.05) is 0 Å². The van der Waals surface area contributed by atoms with Crippen LogP contribution in [0.3, 0.4) is 0 Å². The summed E-state index contributed by atoms with van der Waals surface area (Å²) in [5.74, 6) is 0. The minimum Gasteiger partial charge on any atom is -0.456 e. The molecule has 9 aromatic rings. The van der Waals surface area contributed by atoms with Crippen LogP contribution in [0.1, 0.15) is 35.1 Å². The van der Waals surface area contributed by atoms with Gasteiger partial charge in [0, 0.05) is 50.7 Å². The molecule has 3 nitrogen and oxygen atoms in total. The molecule has 0 N–H and O–H groups in total. The molecule has 3 heteroatoms. The lowest BCUT2D eigenvalue weighted by atomic mass is 9.73. The van der Waals surface area contributed by atoms with E-state index in [-0.39, 0.29) is 5.41 Å². The molecular formula is C53H40N2O. The van der Waals surface area contributed by atoms with Crippen LogP contribution in [0.2, 0.25) is 0 Å². The SMILES string of the molecule is c1ccc(N(c2ccccc2)c2ccc3c(c2)oc2cccc(-c4cccc5c4[C@@]4(CC5)CCc5cccc(N(c6ccccc6)c6ccccc6)c54)c23)cc1. The molecule has 0 aliphatic heterocycles. The topological polar surface area (TPSA) is 19.6 Å². The molecule has 1 heterocycles. The van der Waals surface area contributed by atoms with Crippen molar-refractivity contribution in [1.82, 2.24) is 0 Å². The zero-order valence-electron chi connectivity index (χ0n) is 31.1. The number of furan rings is 1. The van der Waals surface area contributed by atoms with E-state index < -0.39 is 0 Å². The van der Waals surface area contributed by atoms with E-state index in [0.717, 1.165) is 59.3 Å². The van der Waals surface area contributed by atoms with Crippen LogP contribution in [0.4, 0.5) is 34.1 Å². The van der Waals surface area contributed by atoms with Crippen LogP contribution < -0.4 is 9.80 Å². The van der Waals surface area contributed by atoms with Gasteiger partial charge in [0.2, 0.25) is 0 Å². The fourth-order valence-corrected chi connectivity index (χ4v) is 9.94. The van der Waals surface area contributed by atoms with Crippen LogP contribution in [-0.4, -0.2) is 0 Å². The summed E-state index contributed by atoms with van der Waals surface area (Å²) in [6.45, 7) is 0. The summed E-state index contributed by atoms with van der Waals surface area (Å²) in [6.07, 6.45) is 4.32. The first-order valence-corrected chi connectivity index (χ1v) is 19.8. The van der Waals surface area contributed by atoms with E-state index in [4.69, 9.17) is 4.42 Å². The van der Waals surface area contributed by atoms with Gasteiger partial charge in [-0.2, -0.15) is 0 Å². The number of aryl methyl sites for hydroxylation is 2. The molecule has 11 rings (SSSR count). The second-order valence-corrected chi connectivity index (χ2v) is 15.2. The van der Waals surface area contributed by atoms with Gasteiger partial charge < -0.3 is 14.2 Å². The summed E-state index contributed by atoms with van der Waals surface area (Å²) in [4.78, 5) is 4.77. The van der Waals surface area contributed by atoms with Crippen LogP contribution in [0.5, 0.6) is 0 Å². The standard InChI is InChI=1S/C53H40N2O/c1-5-18-39(19-6-1)54(40-20-7-2-8-21-40)43-30-31-46-49(36-43)56-48-29-15-26-44(50(46)48)45-27-13-16-37-32-34-53(51(37)45)35-33-38-17-14-28-47(52(38)53)55(41-22-9-3-10-23-41)42-24-11-4-12-25-42/h1-31,36H,32-35H2/t53-/m1/s1. The number of hydrogen-bond acceptors (Lipinski definition) is 3. The van der Waals surface area contributed by atoms with Gasteiger partial charge in [-0.1, -0.05) is 115 Å². The molecule has 268 valence electrons. The Balaban J connectivity index is 1.09. The van der Waals surface area contributed by atoms with Crippen molar-refractivity contribution in [2.75, 3.05) is 9.80 Å². The van der Waals surface area contributed by atoms with Gasteiger partial charge in [-0.05, 0) is 132 Å². The van der Waals surface area contributed by atoms with Crippen LogP contribution in [0, 0.1) is 0 Å².